The van der Waals surface area contributed by atoms with Crippen molar-refractivity contribution in [2.45, 2.75) is 44.3 Å². The Morgan fingerprint density at radius 1 is 1.22 bits per heavy atom. The van der Waals surface area contributed by atoms with Gasteiger partial charge >= 0.3 is 5.92 Å². The molecule has 1 saturated carbocycles. The van der Waals surface area contributed by atoms with Gasteiger partial charge in [0.15, 0.2) is 5.78 Å². The zero-order valence-electron chi connectivity index (χ0n) is 16.7. The molecule has 1 aliphatic heterocycles. The van der Waals surface area contributed by atoms with Gasteiger partial charge in [-0.1, -0.05) is 23.7 Å². The minimum atomic E-state index is -3.84. The molecular weight excluding hydrogens is 444 g/mol. The van der Waals surface area contributed by atoms with Gasteiger partial charge in [-0.25, -0.2) is 0 Å². The Morgan fingerprint density at radius 3 is 2.69 bits per heavy atom. The number of hydrogen-bond donors (Lipinski definition) is 1. The van der Waals surface area contributed by atoms with Gasteiger partial charge in [0.05, 0.1) is 17.5 Å². The number of aromatic nitrogens is 1. The summed E-state index contributed by atoms with van der Waals surface area (Å²) in [5, 5.41) is 2.36. The zero-order valence-corrected chi connectivity index (χ0v) is 17.5. The van der Waals surface area contributed by atoms with E-state index in [9.17, 15) is 28.0 Å². The van der Waals surface area contributed by atoms with Gasteiger partial charge in [-0.05, 0) is 35.7 Å². The summed E-state index contributed by atoms with van der Waals surface area (Å²) in [7, 11) is 0. The summed E-state index contributed by atoms with van der Waals surface area (Å²) in [4.78, 5) is 53.4. The van der Waals surface area contributed by atoms with Crippen LogP contribution in [0.4, 0.5) is 8.78 Å². The smallest absolute Gasteiger partial charge is 0.346 e. The van der Waals surface area contributed by atoms with E-state index in [0.29, 0.717) is 23.1 Å². The summed E-state index contributed by atoms with van der Waals surface area (Å²) in [5.41, 5.74) is 0.861. The van der Waals surface area contributed by atoms with E-state index in [1.807, 2.05) is 0 Å². The molecular formula is C22H18ClF2N3O4. The van der Waals surface area contributed by atoms with Gasteiger partial charge in [0.2, 0.25) is 0 Å². The normalized spacial score (nSPS) is 18.7. The highest BCUT2D eigenvalue weighted by Gasteiger charge is 2.42. The molecule has 2 aromatic rings. The molecule has 2 aliphatic rings. The number of benzene rings is 1. The fraction of sp³-hybridized carbons (Fsp3) is 0.318. The number of nitrogens with one attached hydrogen (secondary N) is 1. The predicted molar refractivity (Wildman–Crippen MR) is 109 cm³/mol. The SMILES string of the molecule is O=C1CCC(N2Cc3cc(CNC(=O)C(F)(F)c4ccc(Cl)cn4)ccc3C2=O)C(=O)C1. The summed E-state index contributed by atoms with van der Waals surface area (Å²) >= 11 is 5.64. The number of fused-ring (bicyclic) bond motifs is 1. The van der Waals surface area contributed by atoms with Crippen molar-refractivity contribution < 1.29 is 28.0 Å². The molecule has 1 aromatic carbocycles. The standard InChI is InChI=1S/C22H18ClF2N3O4/c23-14-2-6-19(26-10-14)22(24,25)21(32)27-9-12-1-4-16-13(7-12)11-28(20(16)31)17-5-3-15(29)8-18(17)30/h1-2,4,6-7,10,17H,3,5,8-9,11H2,(H,27,32). The van der Waals surface area contributed by atoms with Crippen molar-refractivity contribution in [1.29, 1.82) is 0 Å². The Hall–Kier alpha value is -3.20. The minimum Gasteiger partial charge on any atom is -0.346 e. The Balaban J connectivity index is 1.43. The molecule has 4 rings (SSSR count). The minimum absolute atomic E-state index is 0.126. The molecule has 0 bridgehead atoms. The molecule has 0 spiro atoms. The van der Waals surface area contributed by atoms with Crippen LogP contribution in [0.3, 0.4) is 0 Å². The van der Waals surface area contributed by atoms with Crippen LogP contribution in [0.5, 0.6) is 0 Å². The van der Waals surface area contributed by atoms with Crippen LogP contribution in [0.15, 0.2) is 36.5 Å². The first-order valence-electron chi connectivity index (χ1n) is 9.92. The fourth-order valence-electron chi connectivity index (χ4n) is 3.92. The second-order valence-electron chi connectivity index (χ2n) is 7.78. The lowest BCUT2D eigenvalue weighted by atomic mass is 9.92. The number of carbonyl (C=O) groups excluding carboxylic acids is 4. The van der Waals surface area contributed by atoms with E-state index in [-0.39, 0.29) is 48.4 Å². The molecule has 2 heterocycles. The van der Waals surface area contributed by atoms with Crippen molar-refractivity contribution in [3.63, 3.8) is 0 Å². The third-order valence-corrected chi connectivity index (χ3v) is 5.83. The van der Waals surface area contributed by atoms with E-state index in [4.69, 9.17) is 11.6 Å². The highest BCUT2D eigenvalue weighted by atomic mass is 35.5. The van der Waals surface area contributed by atoms with Crippen LogP contribution in [0, 0.1) is 0 Å². The highest BCUT2D eigenvalue weighted by Crippen LogP contribution is 2.30. The van der Waals surface area contributed by atoms with Crippen LogP contribution in [-0.4, -0.2) is 39.3 Å². The molecule has 1 unspecified atom stereocenters. The topological polar surface area (TPSA) is 96.4 Å². The Labute approximate surface area is 186 Å². The number of carbonyl (C=O) groups is 4. The van der Waals surface area contributed by atoms with Crippen LogP contribution < -0.4 is 5.32 Å². The Morgan fingerprint density at radius 2 is 2.00 bits per heavy atom. The quantitative estimate of drug-likeness (QED) is 0.691. The highest BCUT2D eigenvalue weighted by molar-refractivity contribution is 6.30. The van der Waals surface area contributed by atoms with Crippen LogP contribution in [-0.2, 0) is 33.4 Å². The van der Waals surface area contributed by atoms with Crippen molar-refractivity contribution in [3.8, 4) is 0 Å². The molecule has 1 aliphatic carbocycles. The number of alkyl halides is 2. The fourth-order valence-corrected chi connectivity index (χ4v) is 4.03. The second-order valence-corrected chi connectivity index (χ2v) is 8.22. The number of ketones is 2. The lowest BCUT2D eigenvalue weighted by molar-refractivity contribution is -0.147. The third-order valence-electron chi connectivity index (χ3n) is 5.60. The van der Waals surface area contributed by atoms with E-state index in [1.54, 1.807) is 18.2 Å². The van der Waals surface area contributed by atoms with E-state index in [0.717, 1.165) is 12.3 Å². The molecule has 1 atom stereocenters. The molecule has 32 heavy (non-hydrogen) atoms. The molecule has 0 saturated heterocycles. The molecule has 10 heteroatoms. The van der Waals surface area contributed by atoms with Crippen molar-refractivity contribution in [2.75, 3.05) is 0 Å². The molecule has 2 amide bonds. The zero-order chi connectivity index (χ0) is 23.0. The van der Waals surface area contributed by atoms with Crippen molar-refractivity contribution >= 4 is 35.0 Å². The number of halogens is 3. The second kappa shape index (κ2) is 8.38. The first-order valence-corrected chi connectivity index (χ1v) is 10.3. The molecule has 166 valence electrons. The van der Waals surface area contributed by atoms with Gasteiger partial charge in [-0.3, -0.25) is 24.2 Å². The third kappa shape index (κ3) is 4.12. The molecule has 1 aromatic heterocycles. The molecule has 0 radical (unpaired) electrons. The largest absolute Gasteiger partial charge is 0.366 e. The summed E-state index contributed by atoms with van der Waals surface area (Å²) in [6.45, 7) is 0.00570. The van der Waals surface area contributed by atoms with Crippen LogP contribution in [0.25, 0.3) is 0 Å². The predicted octanol–water partition coefficient (Wildman–Crippen LogP) is 2.79. The number of rotatable bonds is 5. The first-order chi connectivity index (χ1) is 15.2. The Kier molecular flexibility index (Phi) is 5.77. The van der Waals surface area contributed by atoms with Gasteiger partial charge in [0.25, 0.3) is 11.8 Å². The van der Waals surface area contributed by atoms with Gasteiger partial charge in [-0.15, -0.1) is 0 Å². The maximum atomic E-state index is 14.4. The van der Waals surface area contributed by atoms with Crippen LogP contribution in [0.2, 0.25) is 5.02 Å². The van der Waals surface area contributed by atoms with Gasteiger partial charge in [0.1, 0.15) is 11.5 Å². The van der Waals surface area contributed by atoms with Crippen molar-refractivity contribution in [3.05, 3.63) is 63.9 Å². The number of amides is 2. The van der Waals surface area contributed by atoms with Gasteiger partial charge in [0, 0.05) is 31.3 Å². The lowest BCUT2D eigenvalue weighted by Crippen LogP contribution is -2.44. The average Bonchev–Trinajstić information content (AvgIpc) is 3.08. The summed E-state index contributed by atoms with van der Waals surface area (Å²) in [6.07, 6.45) is 1.42. The summed E-state index contributed by atoms with van der Waals surface area (Å²) in [6, 6.07) is 6.33. The number of pyridine rings is 1. The number of nitrogens with zero attached hydrogens (tertiary/aromatic N) is 2. The summed E-state index contributed by atoms with van der Waals surface area (Å²) in [5.74, 6) is -6.05. The van der Waals surface area contributed by atoms with E-state index >= 15 is 0 Å². The average molecular weight is 462 g/mol. The number of hydrogen-bond acceptors (Lipinski definition) is 5. The van der Waals surface area contributed by atoms with Crippen LogP contribution >= 0.6 is 11.6 Å². The van der Waals surface area contributed by atoms with E-state index in [2.05, 4.69) is 10.3 Å². The number of Topliss-reactive ketones (excluding diaryl/α,β-unsaturated/α-hetero) is 2. The summed E-state index contributed by atoms with van der Waals surface area (Å²) < 4.78 is 28.7. The monoisotopic (exact) mass is 461 g/mol. The molecule has 7 nitrogen and oxygen atoms in total. The Bertz CT molecular complexity index is 1120. The van der Waals surface area contributed by atoms with Crippen molar-refractivity contribution in [1.82, 2.24) is 15.2 Å². The molecule has 1 N–H and O–H groups in total. The van der Waals surface area contributed by atoms with Crippen molar-refractivity contribution in [2.24, 2.45) is 0 Å². The van der Waals surface area contributed by atoms with E-state index < -0.39 is 23.6 Å². The molecule has 1 fully saturated rings. The van der Waals surface area contributed by atoms with Gasteiger partial charge < -0.3 is 10.2 Å². The maximum absolute atomic E-state index is 14.4. The maximum Gasteiger partial charge on any atom is 0.366 e. The lowest BCUT2D eigenvalue weighted by Gasteiger charge is -2.29. The first kappa shape index (κ1) is 22.0. The van der Waals surface area contributed by atoms with E-state index in [1.165, 1.54) is 11.0 Å². The van der Waals surface area contributed by atoms with Gasteiger partial charge in [-0.2, -0.15) is 8.78 Å². The van der Waals surface area contributed by atoms with Crippen LogP contribution in [0.1, 0.15) is 46.4 Å².